The summed E-state index contributed by atoms with van der Waals surface area (Å²) in [7, 11) is 0. The van der Waals surface area contributed by atoms with Gasteiger partial charge in [0.1, 0.15) is 23.1 Å². The van der Waals surface area contributed by atoms with Crippen molar-refractivity contribution in [3.8, 4) is 34.1 Å². The van der Waals surface area contributed by atoms with Crippen LogP contribution in [0, 0.1) is 12.7 Å². The minimum atomic E-state index is -1.57. The van der Waals surface area contributed by atoms with Gasteiger partial charge in [0.05, 0.1) is 12.3 Å². The summed E-state index contributed by atoms with van der Waals surface area (Å²) in [6.07, 6.45) is 0.652. The van der Waals surface area contributed by atoms with Crippen molar-refractivity contribution >= 4 is 5.97 Å². The highest BCUT2D eigenvalue weighted by Gasteiger charge is 2.36. The normalized spacial score (nSPS) is 12.5. The topological polar surface area (TPSA) is 81.8 Å². The first kappa shape index (κ1) is 27.6. The Morgan fingerprint density at radius 3 is 2.32 bits per heavy atom. The molecule has 0 aliphatic heterocycles. The second kappa shape index (κ2) is 12.1. The molecule has 41 heavy (non-hydrogen) atoms. The molecule has 4 aromatic carbocycles. The third kappa shape index (κ3) is 6.81. The van der Waals surface area contributed by atoms with Crippen LogP contribution in [0.15, 0.2) is 108 Å². The zero-order valence-corrected chi connectivity index (χ0v) is 22.8. The highest BCUT2D eigenvalue weighted by molar-refractivity contribution is 5.78. The number of hydrogen-bond acceptors (Lipinski definition) is 5. The fourth-order valence-electron chi connectivity index (χ4n) is 4.55. The molecule has 0 saturated heterocycles. The fraction of sp³-hybridized carbons (Fsp3) is 0.176. The fourth-order valence-corrected chi connectivity index (χ4v) is 4.55. The number of carboxylic acid groups (broad SMARTS) is 1. The molecule has 6 nitrogen and oxygen atoms in total. The second-order valence-electron chi connectivity index (χ2n) is 9.98. The van der Waals surface area contributed by atoms with Gasteiger partial charge in [-0.15, -0.1) is 0 Å². The Morgan fingerprint density at radius 2 is 1.59 bits per heavy atom. The molecule has 0 radical (unpaired) electrons. The summed E-state index contributed by atoms with van der Waals surface area (Å²) < 4.78 is 31.1. The van der Waals surface area contributed by atoms with E-state index in [1.807, 2.05) is 37.3 Å². The molecule has 1 heterocycles. The van der Waals surface area contributed by atoms with Gasteiger partial charge in [-0.2, -0.15) is 0 Å². The Bertz CT molecular complexity index is 1630. The lowest BCUT2D eigenvalue weighted by molar-refractivity contribution is -0.153. The van der Waals surface area contributed by atoms with Crippen molar-refractivity contribution in [2.45, 2.75) is 32.3 Å². The lowest BCUT2D eigenvalue weighted by atomic mass is 9.96. The summed E-state index contributed by atoms with van der Waals surface area (Å²) in [5.74, 6) is 0.484. The molecule has 0 aliphatic rings. The number of carbonyl (C=O) groups is 1. The molecular weight excluding hydrogens is 521 g/mol. The maximum absolute atomic E-state index is 13.5. The number of ether oxygens (including phenoxy) is 2. The number of nitrogens with zero attached hydrogens (tertiary/aromatic N) is 1. The average molecular weight is 552 g/mol. The third-order valence-corrected chi connectivity index (χ3v) is 6.77. The maximum Gasteiger partial charge on any atom is 0.348 e. The van der Waals surface area contributed by atoms with Crippen LogP contribution in [0.2, 0.25) is 0 Å². The molecule has 1 unspecified atom stereocenters. The first-order valence-electron chi connectivity index (χ1n) is 13.3. The molecule has 0 saturated carbocycles. The van der Waals surface area contributed by atoms with Gasteiger partial charge in [0.15, 0.2) is 0 Å². The Labute approximate surface area is 238 Å². The summed E-state index contributed by atoms with van der Waals surface area (Å²) in [4.78, 5) is 16.7. The van der Waals surface area contributed by atoms with Gasteiger partial charge in [0, 0.05) is 24.5 Å². The van der Waals surface area contributed by atoms with Crippen molar-refractivity contribution < 1.29 is 28.2 Å². The van der Waals surface area contributed by atoms with Crippen molar-refractivity contribution in [2.24, 2.45) is 0 Å². The van der Waals surface area contributed by atoms with Crippen LogP contribution in [0.4, 0.5) is 4.39 Å². The van der Waals surface area contributed by atoms with Crippen LogP contribution in [0.3, 0.4) is 0 Å². The number of carboxylic acids is 1. The number of oxazole rings is 1. The average Bonchev–Trinajstić information content (AvgIpc) is 3.34. The van der Waals surface area contributed by atoms with E-state index in [0.717, 1.165) is 33.7 Å². The summed E-state index contributed by atoms with van der Waals surface area (Å²) in [6, 6.07) is 30.9. The van der Waals surface area contributed by atoms with Crippen molar-refractivity contribution in [1.29, 1.82) is 0 Å². The molecule has 208 valence electrons. The molecule has 1 atom stereocenters. The van der Waals surface area contributed by atoms with E-state index in [0.29, 0.717) is 24.7 Å². The highest BCUT2D eigenvalue weighted by atomic mass is 19.1. The number of aliphatic carboxylic acids is 1. The largest absolute Gasteiger partial charge is 0.493 e. The van der Waals surface area contributed by atoms with Crippen LogP contribution in [-0.4, -0.2) is 28.3 Å². The first-order chi connectivity index (χ1) is 19.8. The Morgan fingerprint density at radius 1 is 0.878 bits per heavy atom. The molecule has 5 rings (SSSR count). The Kier molecular flexibility index (Phi) is 8.15. The second-order valence-corrected chi connectivity index (χ2v) is 9.98. The molecule has 0 amide bonds. The standard InChI is InChI=1S/C34H30FNO5/c1-23-31(36-32(40-23)27-11-6-10-26(20-27)25-8-4-3-5-9-25)18-19-39-29-16-14-24(15-17-29)22-34(2,33(37)38)41-30-13-7-12-28(35)21-30/h3-17,20-21H,18-19,22H2,1-2H3,(H,37,38). The van der Waals surface area contributed by atoms with Crippen LogP contribution in [-0.2, 0) is 17.6 Å². The quantitative estimate of drug-likeness (QED) is 0.183. The predicted molar refractivity (Wildman–Crippen MR) is 155 cm³/mol. The van der Waals surface area contributed by atoms with Crippen molar-refractivity contribution in [3.05, 3.63) is 126 Å². The van der Waals surface area contributed by atoms with Crippen molar-refractivity contribution in [2.75, 3.05) is 6.61 Å². The van der Waals surface area contributed by atoms with E-state index in [4.69, 9.17) is 18.9 Å². The van der Waals surface area contributed by atoms with E-state index in [9.17, 15) is 14.3 Å². The van der Waals surface area contributed by atoms with E-state index in [1.54, 1.807) is 24.3 Å². The van der Waals surface area contributed by atoms with E-state index >= 15 is 0 Å². The molecule has 0 spiro atoms. The van der Waals surface area contributed by atoms with Crippen LogP contribution in [0.25, 0.3) is 22.6 Å². The molecule has 1 aromatic heterocycles. The van der Waals surface area contributed by atoms with Crippen molar-refractivity contribution in [1.82, 2.24) is 4.98 Å². The number of rotatable bonds is 11. The van der Waals surface area contributed by atoms with Crippen LogP contribution < -0.4 is 9.47 Å². The molecule has 0 aliphatic carbocycles. The predicted octanol–water partition coefficient (Wildman–Crippen LogP) is 7.54. The lowest BCUT2D eigenvalue weighted by Gasteiger charge is -2.26. The minimum Gasteiger partial charge on any atom is -0.493 e. The van der Waals surface area contributed by atoms with Crippen LogP contribution in [0.5, 0.6) is 11.5 Å². The van der Waals surface area contributed by atoms with Gasteiger partial charge in [-0.1, -0.05) is 60.7 Å². The first-order valence-corrected chi connectivity index (χ1v) is 13.3. The van der Waals surface area contributed by atoms with Gasteiger partial charge >= 0.3 is 5.97 Å². The lowest BCUT2D eigenvalue weighted by Crippen LogP contribution is -2.43. The van der Waals surface area contributed by atoms with Gasteiger partial charge < -0.3 is 19.0 Å². The number of hydrogen-bond donors (Lipinski definition) is 1. The Balaban J connectivity index is 1.19. The van der Waals surface area contributed by atoms with Crippen LogP contribution >= 0.6 is 0 Å². The molecule has 0 bridgehead atoms. The molecular formula is C34H30FNO5. The van der Waals surface area contributed by atoms with E-state index < -0.39 is 17.4 Å². The highest BCUT2D eigenvalue weighted by Crippen LogP contribution is 2.28. The smallest absolute Gasteiger partial charge is 0.348 e. The van der Waals surface area contributed by atoms with Gasteiger partial charge in [-0.25, -0.2) is 14.2 Å². The number of halogens is 1. The Hall–Kier alpha value is -4.91. The van der Waals surface area contributed by atoms with E-state index in [1.165, 1.54) is 31.2 Å². The minimum absolute atomic E-state index is 0.0888. The van der Waals surface area contributed by atoms with Crippen LogP contribution in [0.1, 0.15) is 23.9 Å². The molecule has 0 fully saturated rings. The molecule has 7 heteroatoms. The molecule has 1 N–H and O–H groups in total. The number of aryl methyl sites for hydroxylation is 1. The van der Waals surface area contributed by atoms with Crippen molar-refractivity contribution in [3.63, 3.8) is 0 Å². The van der Waals surface area contributed by atoms with Gasteiger partial charge in [0.2, 0.25) is 11.5 Å². The van der Waals surface area contributed by atoms with Gasteiger partial charge in [-0.05, 0) is 66.9 Å². The van der Waals surface area contributed by atoms with Gasteiger partial charge in [-0.3, -0.25) is 0 Å². The monoisotopic (exact) mass is 551 g/mol. The zero-order chi connectivity index (χ0) is 28.8. The summed E-state index contributed by atoms with van der Waals surface area (Å²) in [5, 5.41) is 9.81. The van der Waals surface area contributed by atoms with Gasteiger partial charge in [0.25, 0.3) is 0 Å². The SMILES string of the molecule is Cc1oc(-c2cccc(-c3ccccc3)c2)nc1CCOc1ccc(CC(C)(Oc2cccc(F)c2)C(=O)O)cc1. The third-order valence-electron chi connectivity index (χ3n) is 6.77. The maximum atomic E-state index is 13.5. The summed E-state index contributed by atoms with van der Waals surface area (Å²) in [6.45, 7) is 3.76. The molecule has 5 aromatic rings. The zero-order valence-electron chi connectivity index (χ0n) is 22.8. The summed E-state index contributed by atoms with van der Waals surface area (Å²) >= 11 is 0. The van der Waals surface area contributed by atoms with E-state index in [-0.39, 0.29) is 12.2 Å². The van der Waals surface area contributed by atoms with E-state index in [2.05, 4.69) is 24.3 Å². The summed E-state index contributed by atoms with van der Waals surface area (Å²) in [5.41, 5.74) is 3.13. The number of aromatic nitrogens is 1. The number of benzene rings is 4.